The second-order valence-corrected chi connectivity index (χ2v) is 3.68. The Labute approximate surface area is 84.1 Å². The lowest BCUT2D eigenvalue weighted by atomic mass is 9.99. The molecule has 1 aromatic carbocycles. The molecule has 0 saturated carbocycles. The van der Waals surface area contributed by atoms with Gasteiger partial charge in [-0.2, -0.15) is 0 Å². The summed E-state index contributed by atoms with van der Waals surface area (Å²) in [5, 5.41) is 16.1. The van der Waals surface area contributed by atoms with Crippen LogP contribution in [0.5, 0.6) is 5.75 Å². The van der Waals surface area contributed by atoms with Crippen molar-refractivity contribution in [1.29, 1.82) is 0 Å². The highest BCUT2D eigenvalue weighted by Crippen LogP contribution is 2.25. The van der Waals surface area contributed by atoms with Crippen LogP contribution in [0.3, 0.4) is 0 Å². The van der Waals surface area contributed by atoms with Crippen LogP contribution in [0.4, 0.5) is 5.69 Å². The van der Waals surface area contributed by atoms with Gasteiger partial charge in [-0.3, -0.25) is 0 Å². The van der Waals surface area contributed by atoms with E-state index in [0.717, 1.165) is 25.2 Å². The molecule has 1 aliphatic heterocycles. The number of anilines is 1. The van der Waals surface area contributed by atoms with Gasteiger partial charge in [-0.15, -0.1) is 0 Å². The fraction of sp³-hybridized carbons (Fsp3) is 0.455. The standard InChI is InChI=1S/C11H16N2O/c1-2-12-9-5-8-6-10(14)3-4-11(8)13-7-9/h3-4,6,9,12-14H,2,5,7H2,1H3. The summed E-state index contributed by atoms with van der Waals surface area (Å²) < 4.78 is 0. The lowest BCUT2D eigenvalue weighted by Crippen LogP contribution is -2.40. The molecule has 14 heavy (non-hydrogen) atoms. The van der Waals surface area contributed by atoms with Gasteiger partial charge in [0.05, 0.1) is 0 Å². The van der Waals surface area contributed by atoms with Gasteiger partial charge in [0.1, 0.15) is 5.75 Å². The number of rotatable bonds is 2. The molecule has 1 unspecified atom stereocenters. The highest BCUT2D eigenvalue weighted by Gasteiger charge is 2.16. The maximum atomic E-state index is 9.36. The largest absolute Gasteiger partial charge is 0.508 e. The Kier molecular flexibility index (Phi) is 2.59. The predicted molar refractivity (Wildman–Crippen MR) is 57.8 cm³/mol. The summed E-state index contributed by atoms with van der Waals surface area (Å²) in [5.41, 5.74) is 2.35. The van der Waals surface area contributed by atoms with Crippen molar-refractivity contribution >= 4 is 5.69 Å². The molecule has 3 nitrogen and oxygen atoms in total. The molecule has 0 spiro atoms. The minimum Gasteiger partial charge on any atom is -0.508 e. The van der Waals surface area contributed by atoms with Crippen LogP contribution in [-0.4, -0.2) is 24.2 Å². The lowest BCUT2D eigenvalue weighted by Gasteiger charge is -2.26. The number of fused-ring (bicyclic) bond motifs is 1. The van der Waals surface area contributed by atoms with E-state index in [4.69, 9.17) is 0 Å². The quantitative estimate of drug-likeness (QED) is 0.619. The summed E-state index contributed by atoms with van der Waals surface area (Å²) in [6.45, 7) is 4.06. The van der Waals surface area contributed by atoms with Crippen molar-refractivity contribution in [2.45, 2.75) is 19.4 Å². The second kappa shape index (κ2) is 3.88. The first-order valence-corrected chi connectivity index (χ1v) is 5.08. The first-order valence-electron chi connectivity index (χ1n) is 5.08. The zero-order valence-corrected chi connectivity index (χ0v) is 8.38. The van der Waals surface area contributed by atoms with Crippen molar-refractivity contribution in [1.82, 2.24) is 5.32 Å². The van der Waals surface area contributed by atoms with E-state index in [0.29, 0.717) is 11.8 Å². The minimum atomic E-state index is 0.350. The summed E-state index contributed by atoms with van der Waals surface area (Å²) in [7, 11) is 0. The van der Waals surface area contributed by atoms with Crippen molar-refractivity contribution in [3.63, 3.8) is 0 Å². The fourth-order valence-corrected chi connectivity index (χ4v) is 1.93. The Morgan fingerprint density at radius 2 is 2.43 bits per heavy atom. The summed E-state index contributed by atoms with van der Waals surface area (Å²) in [6, 6.07) is 5.98. The van der Waals surface area contributed by atoms with Crippen LogP contribution in [0, 0.1) is 0 Å². The summed E-state index contributed by atoms with van der Waals surface area (Å²) >= 11 is 0. The van der Waals surface area contributed by atoms with Crippen LogP contribution >= 0.6 is 0 Å². The molecule has 0 amide bonds. The summed E-state index contributed by atoms with van der Waals surface area (Å²) in [5.74, 6) is 0.350. The Morgan fingerprint density at radius 3 is 3.21 bits per heavy atom. The van der Waals surface area contributed by atoms with Crippen molar-refractivity contribution in [2.24, 2.45) is 0 Å². The SMILES string of the molecule is CCNC1CNc2ccc(O)cc2C1. The normalized spacial score (nSPS) is 19.9. The maximum absolute atomic E-state index is 9.36. The Morgan fingerprint density at radius 1 is 1.57 bits per heavy atom. The van der Waals surface area contributed by atoms with Gasteiger partial charge in [0.25, 0.3) is 0 Å². The number of hydrogen-bond acceptors (Lipinski definition) is 3. The van der Waals surface area contributed by atoms with Gasteiger partial charge in [-0.25, -0.2) is 0 Å². The maximum Gasteiger partial charge on any atom is 0.116 e. The zero-order valence-electron chi connectivity index (χ0n) is 8.38. The van der Waals surface area contributed by atoms with E-state index in [9.17, 15) is 5.11 Å². The third kappa shape index (κ3) is 1.82. The second-order valence-electron chi connectivity index (χ2n) is 3.68. The first kappa shape index (κ1) is 9.34. The van der Waals surface area contributed by atoms with E-state index in [1.54, 1.807) is 6.07 Å². The number of likely N-dealkylation sites (N-methyl/N-ethyl adjacent to an activating group) is 1. The van der Waals surface area contributed by atoms with Crippen LogP contribution in [0.2, 0.25) is 0 Å². The Bertz CT molecular complexity index is 325. The van der Waals surface area contributed by atoms with Crippen LogP contribution in [0.15, 0.2) is 18.2 Å². The molecule has 1 aromatic rings. The van der Waals surface area contributed by atoms with Crippen molar-refractivity contribution in [2.75, 3.05) is 18.4 Å². The fourth-order valence-electron chi connectivity index (χ4n) is 1.93. The third-order valence-electron chi connectivity index (χ3n) is 2.59. The molecule has 76 valence electrons. The lowest BCUT2D eigenvalue weighted by molar-refractivity contribution is 0.472. The highest BCUT2D eigenvalue weighted by molar-refractivity contribution is 5.56. The Balaban J connectivity index is 2.16. The van der Waals surface area contributed by atoms with Gasteiger partial charge in [0.15, 0.2) is 0 Å². The molecule has 0 fully saturated rings. The number of phenolic OH excluding ortho intramolecular Hbond substituents is 1. The molecule has 3 heteroatoms. The number of nitrogens with one attached hydrogen (secondary N) is 2. The molecular formula is C11H16N2O. The van der Waals surface area contributed by atoms with Gasteiger partial charge in [0, 0.05) is 18.3 Å². The summed E-state index contributed by atoms with van der Waals surface area (Å²) in [4.78, 5) is 0. The van der Waals surface area contributed by atoms with Crippen LogP contribution in [0.25, 0.3) is 0 Å². The van der Waals surface area contributed by atoms with E-state index in [1.165, 1.54) is 5.56 Å². The molecule has 3 N–H and O–H groups in total. The van der Waals surface area contributed by atoms with Crippen LogP contribution < -0.4 is 10.6 Å². The predicted octanol–water partition coefficient (Wildman–Crippen LogP) is 1.34. The number of benzene rings is 1. The molecule has 0 radical (unpaired) electrons. The molecule has 1 aliphatic rings. The van der Waals surface area contributed by atoms with E-state index in [-0.39, 0.29) is 0 Å². The Hall–Kier alpha value is -1.22. The monoisotopic (exact) mass is 192 g/mol. The number of hydrogen-bond donors (Lipinski definition) is 3. The zero-order chi connectivity index (χ0) is 9.97. The molecule has 2 rings (SSSR count). The molecule has 1 atom stereocenters. The van der Waals surface area contributed by atoms with Gasteiger partial charge < -0.3 is 15.7 Å². The van der Waals surface area contributed by atoms with Crippen LogP contribution in [-0.2, 0) is 6.42 Å². The average molecular weight is 192 g/mol. The molecule has 0 aromatic heterocycles. The van der Waals surface area contributed by atoms with Crippen molar-refractivity contribution < 1.29 is 5.11 Å². The molecule has 1 heterocycles. The summed E-state index contributed by atoms with van der Waals surface area (Å²) in [6.07, 6.45) is 0.991. The van der Waals surface area contributed by atoms with Gasteiger partial charge in [-0.05, 0) is 36.7 Å². The molecule has 0 aliphatic carbocycles. The van der Waals surface area contributed by atoms with Gasteiger partial charge in [-0.1, -0.05) is 6.92 Å². The molecule has 0 bridgehead atoms. The van der Waals surface area contributed by atoms with Gasteiger partial charge in [0.2, 0.25) is 0 Å². The molecule has 0 saturated heterocycles. The number of phenols is 1. The van der Waals surface area contributed by atoms with Crippen LogP contribution in [0.1, 0.15) is 12.5 Å². The number of aromatic hydroxyl groups is 1. The van der Waals surface area contributed by atoms with Crippen molar-refractivity contribution in [3.05, 3.63) is 23.8 Å². The third-order valence-corrected chi connectivity index (χ3v) is 2.59. The smallest absolute Gasteiger partial charge is 0.116 e. The van der Waals surface area contributed by atoms with E-state index >= 15 is 0 Å². The average Bonchev–Trinajstić information content (AvgIpc) is 2.17. The van der Waals surface area contributed by atoms with Gasteiger partial charge >= 0.3 is 0 Å². The van der Waals surface area contributed by atoms with Crippen molar-refractivity contribution in [3.8, 4) is 5.75 Å². The van der Waals surface area contributed by atoms with E-state index < -0.39 is 0 Å². The van der Waals surface area contributed by atoms with E-state index in [2.05, 4.69) is 17.6 Å². The highest BCUT2D eigenvalue weighted by atomic mass is 16.3. The minimum absolute atomic E-state index is 0.350. The topological polar surface area (TPSA) is 44.3 Å². The molecular weight excluding hydrogens is 176 g/mol. The first-order chi connectivity index (χ1) is 6.79. The van der Waals surface area contributed by atoms with E-state index in [1.807, 2.05) is 12.1 Å².